The summed E-state index contributed by atoms with van der Waals surface area (Å²) >= 11 is 0. The van der Waals surface area contributed by atoms with E-state index >= 15 is 0 Å². The number of benzene rings is 1. The number of urea groups is 1. The highest BCUT2D eigenvalue weighted by atomic mass is 16.2. The SMILES string of the molecule is CC(C)NC(=O)Nc1ccc(NC(=O)C2CC23CCNCC3)cc1. The molecule has 2 fully saturated rings. The summed E-state index contributed by atoms with van der Waals surface area (Å²) < 4.78 is 0. The molecule has 1 unspecified atom stereocenters. The molecule has 0 aromatic heterocycles. The van der Waals surface area contributed by atoms with Gasteiger partial charge in [-0.2, -0.15) is 0 Å². The van der Waals surface area contributed by atoms with E-state index in [1.165, 1.54) is 0 Å². The highest BCUT2D eigenvalue weighted by Gasteiger charge is 2.57. The molecular weight excluding hydrogens is 304 g/mol. The fraction of sp³-hybridized carbons (Fsp3) is 0.556. The van der Waals surface area contributed by atoms with Crippen LogP contribution in [0, 0.1) is 11.3 Å². The van der Waals surface area contributed by atoms with E-state index in [4.69, 9.17) is 0 Å². The zero-order chi connectivity index (χ0) is 17.2. The van der Waals surface area contributed by atoms with E-state index in [1.807, 2.05) is 26.0 Å². The van der Waals surface area contributed by atoms with Crippen LogP contribution in [0.15, 0.2) is 24.3 Å². The molecule has 24 heavy (non-hydrogen) atoms. The van der Waals surface area contributed by atoms with Crippen molar-refractivity contribution >= 4 is 23.3 Å². The lowest BCUT2D eigenvalue weighted by Crippen LogP contribution is -2.34. The van der Waals surface area contributed by atoms with Gasteiger partial charge in [0.1, 0.15) is 0 Å². The Balaban J connectivity index is 1.51. The van der Waals surface area contributed by atoms with Crippen molar-refractivity contribution in [2.45, 2.75) is 39.2 Å². The standard InChI is InChI=1S/C18H26N4O2/c1-12(2)20-17(24)22-14-5-3-13(4-6-14)21-16(23)15-11-18(15)7-9-19-10-8-18/h3-6,12,15,19H,7-11H2,1-2H3,(H,21,23)(H2,20,22,24). The van der Waals surface area contributed by atoms with Crippen LogP contribution in [0.4, 0.5) is 16.2 Å². The largest absolute Gasteiger partial charge is 0.336 e. The van der Waals surface area contributed by atoms with E-state index in [9.17, 15) is 9.59 Å². The summed E-state index contributed by atoms with van der Waals surface area (Å²) in [7, 11) is 0. The number of anilines is 2. The smallest absolute Gasteiger partial charge is 0.319 e. The normalized spacial score (nSPS) is 21.4. The third-order valence-electron chi connectivity index (χ3n) is 4.94. The molecule has 1 heterocycles. The molecule has 4 N–H and O–H groups in total. The summed E-state index contributed by atoms with van der Waals surface area (Å²) in [6.07, 6.45) is 3.20. The molecule has 1 atom stereocenters. The van der Waals surface area contributed by atoms with Crippen molar-refractivity contribution in [3.05, 3.63) is 24.3 Å². The summed E-state index contributed by atoms with van der Waals surface area (Å²) in [5.74, 6) is 0.268. The Morgan fingerprint density at radius 2 is 1.67 bits per heavy atom. The molecule has 2 aliphatic rings. The van der Waals surface area contributed by atoms with Gasteiger partial charge < -0.3 is 21.3 Å². The minimum atomic E-state index is -0.229. The van der Waals surface area contributed by atoms with Crippen LogP contribution >= 0.6 is 0 Å². The average molecular weight is 330 g/mol. The van der Waals surface area contributed by atoms with Crippen LogP contribution in [-0.4, -0.2) is 31.1 Å². The monoisotopic (exact) mass is 330 g/mol. The number of carbonyl (C=O) groups is 2. The Bertz CT molecular complexity index is 606. The molecule has 1 aliphatic heterocycles. The summed E-state index contributed by atoms with van der Waals surface area (Å²) in [6, 6.07) is 7.09. The average Bonchev–Trinajstić information content (AvgIpc) is 3.22. The zero-order valence-electron chi connectivity index (χ0n) is 14.3. The number of rotatable bonds is 4. The molecule has 1 aromatic carbocycles. The van der Waals surface area contributed by atoms with Crippen LogP contribution in [-0.2, 0) is 4.79 Å². The van der Waals surface area contributed by atoms with Gasteiger partial charge in [-0.1, -0.05) is 0 Å². The molecule has 0 radical (unpaired) electrons. The van der Waals surface area contributed by atoms with Crippen molar-refractivity contribution in [3.63, 3.8) is 0 Å². The highest BCUT2D eigenvalue weighted by Crippen LogP contribution is 2.58. The Hall–Kier alpha value is -2.08. The van der Waals surface area contributed by atoms with Gasteiger partial charge in [-0.25, -0.2) is 4.79 Å². The van der Waals surface area contributed by atoms with Crippen molar-refractivity contribution < 1.29 is 9.59 Å². The van der Waals surface area contributed by atoms with Crippen LogP contribution in [0.2, 0.25) is 0 Å². The van der Waals surface area contributed by atoms with Gasteiger partial charge in [-0.3, -0.25) is 4.79 Å². The van der Waals surface area contributed by atoms with E-state index in [2.05, 4.69) is 21.3 Å². The van der Waals surface area contributed by atoms with Crippen molar-refractivity contribution in [1.82, 2.24) is 10.6 Å². The number of carbonyl (C=O) groups excluding carboxylic acids is 2. The van der Waals surface area contributed by atoms with Crippen LogP contribution in [0.25, 0.3) is 0 Å². The van der Waals surface area contributed by atoms with Gasteiger partial charge in [0.05, 0.1) is 0 Å². The lowest BCUT2D eigenvalue weighted by Gasteiger charge is -2.23. The number of hydrogen-bond donors (Lipinski definition) is 4. The van der Waals surface area contributed by atoms with Gasteiger partial charge in [-0.05, 0) is 75.9 Å². The lowest BCUT2D eigenvalue weighted by atomic mass is 9.92. The maximum absolute atomic E-state index is 12.4. The lowest BCUT2D eigenvalue weighted by molar-refractivity contribution is -0.118. The zero-order valence-corrected chi connectivity index (χ0v) is 14.3. The molecule has 1 aliphatic carbocycles. The molecule has 6 heteroatoms. The maximum atomic E-state index is 12.4. The first-order valence-electron chi connectivity index (χ1n) is 8.68. The number of nitrogens with one attached hydrogen (secondary N) is 4. The van der Waals surface area contributed by atoms with E-state index in [-0.39, 0.29) is 29.3 Å². The molecule has 1 aromatic rings. The van der Waals surface area contributed by atoms with Crippen molar-refractivity contribution in [1.29, 1.82) is 0 Å². The van der Waals surface area contributed by atoms with Crippen LogP contribution in [0.1, 0.15) is 33.1 Å². The van der Waals surface area contributed by atoms with Gasteiger partial charge >= 0.3 is 6.03 Å². The highest BCUT2D eigenvalue weighted by molar-refractivity contribution is 5.95. The molecule has 3 rings (SSSR count). The second kappa shape index (κ2) is 6.81. The number of piperidine rings is 1. The third-order valence-corrected chi connectivity index (χ3v) is 4.94. The molecule has 130 valence electrons. The van der Waals surface area contributed by atoms with Crippen LogP contribution in [0.3, 0.4) is 0 Å². The summed E-state index contributed by atoms with van der Waals surface area (Å²) in [6.45, 7) is 5.85. The van der Waals surface area contributed by atoms with Crippen LogP contribution in [0.5, 0.6) is 0 Å². The third kappa shape index (κ3) is 3.87. The van der Waals surface area contributed by atoms with E-state index in [0.717, 1.165) is 38.0 Å². The predicted molar refractivity (Wildman–Crippen MR) is 95.0 cm³/mol. The first kappa shape index (κ1) is 16.8. The second-order valence-corrected chi connectivity index (χ2v) is 7.19. The second-order valence-electron chi connectivity index (χ2n) is 7.19. The fourth-order valence-corrected chi connectivity index (χ4v) is 3.49. The topological polar surface area (TPSA) is 82.3 Å². The van der Waals surface area contributed by atoms with E-state index < -0.39 is 0 Å². The molecule has 6 nitrogen and oxygen atoms in total. The molecular formula is C18H26N4O2. The van der Waals surface area contributed by atoms with Crippen molar-refractivity contribution in [3.8, 4) is 0 Å². The van der Waals surface area contributed by atoms with E-state index in [1.54, 1.807) is 12.1 Å². The quantitative estimate of drug-likeness (QED) is 0.685. The van der Waals surface area contributed by atoms with Gasteiger partial charge in [0, 0.05) is 23.3 Å². The Morgan fingerprint density at radius 3 is 2.25 bits per heavy atom. The fourth-order valence-electron chi connectivity index (χ4n) is 3.49. The Morgan fingerprint density at radius 1 is 1.08 bits per heavy atom. The Labute approximate surface area is 142 Å². The first-order valence-corrected chi connectivity index (χ1v) is 8.68. The van der Waals surface area contributed by atoms with Gasteiger partial charge in [0.25, 0.3) is 0 Å². The molecule has 1 spiro atoms. The van der Waals surface area contributed by atoms with E-state index in [0.29, 0.717) is 5.69 Å². The summed E-state index contributed by atoms with van der Waals surface area (Å²) in [5.41, 5.74) is 1.71. The maximum Gasteiger partial charge on any atom is 0.319 e. The molecule has 3 amide bonds. The number of amides is 3. The number of hydrogen-bond acceptors (Lipinski definition) is 3. The molecule has 0 bridgehead atoms. The molecule has 1 saturated heterocycles. The van der Waals surface area contributed by atoms with Crippen LogP contribution < -0.4 is 21.3 Å². The van der Waals surface area contributed by atoms with Crippen molar-refractivity contribution in [2.75, 3.05) is 23.7 Å². The van der Waals surface area contributed by atoms with Gasteiger partial charge in [0.15, 0.2) is 0 Å². The predicted octanol–water partition coefficient (Wildman–Crippen LogP) is 2.54. The van der Waals surface area contributed by atoms with Gasteiger partial charge in [0.2, 0.25) is 5.91 Å². The van der Waals surface area contributed by atoms with Crippen molar-refractivity contribution in [2.24, 2.45) is 11.3 Å². The molecule has 1 saturated carbocycles. The minimum absolute atomic E-state index is 0.0874. The summed E-state index contributed by atoms with van der Waals surface area (Å²) in [5, 5.41) is 11.9. The Kier molecular flexibility index (Phi) is 4.76. The van der Waals surface area contributed by atoms with Gasteiger partial charge in [-0.15, -0.1) is 0 Å². The summed E-state index contributed by atoms with van der Waals surface area (Å²) in [4.78, 5) is 24.1. The minimum Gasteiger partial charge on any atom is -0.336 e. The first-order chi connectivity index (χ1) is 11.5.